The van der Waals surface area contributed by atoms with Crippen molar-refractivity contribution in [3.63, 3.8) is 0 Å². The van der Waals surface area contributed by atoms with Crippen molar-refractivity contribution in [2.24, 2.45) is 11.8 Å². The number of ether oxygens (including phenoxy) is 2. The average Bonchev–Trinajstić information content (AvgIpc) is 2.72. The molecule has 2 aliphatic rings. The number of hydrogen-bond acceptors (Lipinski definition) is 8. The zero-order valence-corrected chi connectivity index (χ0v) is 19.7. The number of nitrogens with zero attached hydrogens (tertiary/aromatic N) is 1. The number of halogens is 1. The maximum Gasteiger partial charge on any atom is 0.337 e. The van der Waals surface area contributed by atoms with Crippen LogP contribution in [0, 0.1) is 22.0 Å². The number of methoxy groups -OCH3 is 1. The van der Waals surface area contributed by atoms with Gasteiger partial charge >= 0.3 is 11.9 Å². The van der Waals surface area contributed by atoms with Gasteiger partial charge in [0, 0.05) is 29.0 Å². The molecule has 1 aromatic rings. The lowest BCUT2D eigenvalue weighted by Gasteiger charge is -2.38. The predicted octanol–water partition coefficient (Wildman–Crippen LogP) is 3.81. The number of carbonyl (C=O) groups excluding carboxylic acids is 3. The standard InChI is InChI=1S/C23H25ClN2O7/c1-10(2)33-23(29)18-12(4)25-15-8-11(3)17(22(28)32-5)21(27)20(15)19(18)13-6-7-14(24)16(9-13)26(30)31/h6-7,9-11,17,19,25H,8H2,1-5H3. The number of benzene rings is 1. The van der Waals surface area contributed by atoms with E-state index in [0.29, 0.717) is 23.4 Å². The van der Waals surface area contributed by atoms with Gasteiger partial charge in [-0.25, -0.2) is 4.79 Å². The average molecular weight is 477 g/mol. The zero-order valence-electron chi connectivity index (χ0n) is 18.9. The van der Waals surface area contributed by atoms with Crippen molar-refractivity contribution in [2.75, 3.05) is 7.11 Å². The summed E-state index contributed by atoms with van der Waals surface area (Å²) in [5, 5.41) is 14.6. The Balaban J connectivity index is 2.25. The lowest BCUT2D eigenvalue weighted by Crippen LogP contribution is -2.43. The van der Waals surface area contributed by atoms with Gasteiger partial charge in [-0.15, -0.1) is 0 Å². The number of hydrogen-bond donors (Lipinski definition) is 1. The lowest BCUT2D eigenvalue weighted by molar-refractivity contribution is -0.384. The predicted molar refractivity (Wildman–Crippen MR) is 119 cm³/mol. The van der Waals surface area contributed by atoms with Gasteiger partial charge in [-0.3, -0.25) is 19.7 Å². The fourth-order valence-electron chi connectivity index (χ4n) is 4.41. The minimum Gasteiger partial charge on any atom is -0.468 e. The van der Waals surface area contributed by atoms with Crippen LogP contribution in [-0.4, -0.2) is 35.9 Å². The first-order valence-corrected chi connectivity index (χ1v) is 10.8. The minimum atomic E-state index is -1.05. The molecule has 1 heterocycles. The quantitative estimate of drug-likeness (QED) is 0.294. The molecule has 1 aromatic carbocycles. The van der Waals surface area contributed by atoms with Crippen LogP contribution >= 0.6 is 11.6 Å². The number of Topliss-reactive ketones (excluding diaryl/α,β-unsaturated/α-hetero) is 1. The first-order valence-electron chi connectivity index (χ1n) is 10.5. The molecule has 1 N–H and O–H groups in total. The SMILES string of the molecule is COC(=O)C1C(=O)C2=C(CC1C)NC(C)=C(C(=O)OC(C)C)C2c1ccc(Cl)c([N+](=O)[O-])c1. The highest BCUT2D eigenvalue weighted by Crippen LogP contribution is 2.46. The maximum absolute atomic E-state index is 13.6. The van der Waals surface area contributed by atoms with Crippen LogP contribution < -0.4 is 5.32 Å². The fraction of sp³-hybridized carbons (Fsp3) is 0.435. The second kappa shape index (κ2) is 9.35. The van der Waals surface area contributed by atoms with Gasteiger partial charge in [-0.1, -0.05) is 24.6 Å². The van der Waals surface area contributed by atoms with Crippen LogP contribution in [0.2, 0.25) is 5.02 Å². The van der Waals surface area contributed by atoms with Crippen LogP contribution in [0.25, 0.3) is 0 Å². The molecular weight excluding hydrogens is 452 g/mol. The lowest BCUT2D eigenvalue weighted by atomic mass is 9.69. The van der Waals surface area contributed by atoms with E-state index in [4.69, 9.17) is 21.1 Å². The van der Waals surface area contributed by atoms with Crippen molar-refractivity contribution >= 4 is 35.0 Å². The van der Waals surface area contributed by atoms with E-state index in [0.717, 1.165) is 0 Å². The van der Waals surface area contributed by atoms with E-state index in [9.17, 15) is 24.5 Å². The Hall–Kier alpha value is -3.20. The van der Waals surface area contributed by atoms with Crippen molar-refractivity contribution in [3.8, 4) is 0 Å². The topological polar surface area (TPSA) is 125 Å². The molecular formula is C23H25ClN2O7. The van der Waals surface area contributed by atoms with Crippen LogP contribution in [0.5, 0.6) is 0 Å². The van der Waals surface area contributed by atoms with E-state index >= 15 is 0 Å². The Morgan fingerprint density at radius 1 is 1.30 bits per heavy atom. The summed E-state index contributed by atoms with van der Waals surface area (Å²) in [5.41, 5.74) is 1.34. The monoisotopic (exact) mass is 476 g/mol. The Labute approximate surface area is 195 Å². The molecule has 0 fully saturated rings. The second-order valence-corrected chi connectivity index (χ2v) is 8.86. The number of dihydropyridines is 1. The minimum absolute atomic E-state index is 0.0741. The molecule has 0 spiro atoms. The number of nitrogens with one attached hydrogen (secondary N) is 1. The summed E-state index contributed by atoms with van der Waals surface area (Å²) in [7, 11) is 1.21. The number of allylic oxidation sites excluding steroid dienone is 3. The summed E-state index contributed by atoms with van der Waals surface area (Å²) >= 11 is 6.00. The number of nitro groups is 1. The Kier molecular flexibility index (Phi) is 6.92. The Morgan fingerprint density at radius 2 is 1.97 bits per heavy atom. The third kappa shape index (κ3) is 4.50. The van der Waals surface area contributed by atoms with Crippen molar-refractivity contribution in [3.05, 3.63) is 61.4 Å². The van der Waals surface area contributed by atoms with Gasteiger partial charge < -0.3 is 14.8 Å². The molecule has 1 aliphatic heterocycles. The summed E-state index contributed by atoms with van der Waals surface area (Å²) in [6.07, 6.45) is -0.0741. The van der Waals surface area contributed by atoms with Crippen molar-refractivity contribution in [1.29, 1.82) is 0 Å². The van der Waals surface area contributed by atoms with Gasteiger partial charge in [0.15, 0.2) is 5.78 Å². The molecule has 0 radical (unpaired) electrons. The number of nitro benzene ring substituents is 1. The molecule has 3 rings (SSSR count). The number of carbonyl (C=O) groups is 3. The molecule has 0 aromatic heterocycles. The first-order chi connectivity index (χ1) is 15.5. The molecule has 0 saturated carbocycles. The molecule has 33 heavy (non-hydrogen) atoms. The van der Waals surface area contributed by atoms with Gasteiger partial charge in [0.05, 0.1) is 23.7 Å². The second-order valence-electron chi connectivity index (χ2n) is 8.46. The van der Waals surface area contributed by atoms with E-state index in [-0.39, 0.29) is 27.8 Å². The summed E-state index contributed by atoms with van der Waals surface area (Å²) in [4.78, 5) is 50.0. The van der Waals surface area contributed by atoms with Crippen molar-refractivity contribution in [2.45, 2.75) is 46.1 Å². The highest BCUT2D eigenvalue weighted by atomic mass is 35.5. The van der Waals surface area contributed by atoms with Crippen LogP contribution in [0.3, 0.4) is 0 Å². The maximum atomic E-state index is 13.6. The zero-order chi connectivity index (χ0) is 24.6. The normalized spacial score (nSPS) is 22.6. The number of rotatable bonds is 5. The van der Waals surface area contributed by atoms with E-state index < -0.39 is 40.6 Å². The summed E-state index contributed by atoms with van der Waals surface area (Å²) < 4.78 is 10.3. The fourth-order valence-corrected chi connectivity index (χ4v) is 4.60. The summed E-state index contributed by atoms with van der Waals surface area (Å²) in [6.45, 7) is 6.84. The Morgan fingerprint density at radius 3 is 2.55 bits per heavy atom. The van der Waals surface area contributed by atoms with Crippen LogP contribution in [0.1, 0.15) is 45.6 Å². The highest BCUT2D eigenvalue weighted by Gasteiger charge is 2.47. The molecule has 0 amide bonds. The molecule has 0 saturated heterocycles. The van der Waals surface area contributed by atoms with Gasteiger partial charge in [0.25, 0.3) is 5.69 Å². The molecule has 9 nitrogen and oxygen atoms in total. The van der Waals surface area contributed by atoms with Gasteiger partial charge in [-0.2, -0.15) is 0 Å². The smallest absolute Gasteiger partial charge is 0.337 e. The van der Waals surface area contributed by atoms with Crippen LogP contribution in [0.4, 0.5) is 5.69 Å². The van der Waals surface area contributed by atoms with Crippen LogP contribution in [0.15, 0.2) is 40.7 Å². The molecule has 0 bridgehead atoms. The number of esters is 2. The summed E-state index contributed by atoms with van der Waals surface area (Å²) in [6, 6.07) is 4.13. The van der Waals surface area contributed by atoms with Crippen molar-refractivity contribution in [1.82, 2.24) is 5.32 Å². The number of ketones is 1. The van der Waals surface area contributed by atoms with Gasteiger partial charge in [-0.05, 0) is 44.7 Å². The highest BCUT2D eigenvalue weighted by molar-refractivity contribution is 6.32. The molecule has 3 atom stereocenters. The van der Waals surface area contributed by atoms with Crippen molar-refractivity contribution < 1.29 is 28.8 Å². The van der Waals surface area contributed by atoms with Gasteiger partial charge in [0.1, 0.15) is 10.9 Å². The molecule has 176 valence electrons. The van der Waals surface area contributed by atoms with E-state index in [1.165, 1.54) is 25.3 Å². The van der Waals surface area contributed by atoms with E-state index in [1.54, 1.807) is 27.7 Å². The Bertz CT molecular complexity index is 1110. The third-order valence-corrected chi connectivity index (χ3v) is 6.13. The molecule has 1 aliphatic carbocycles. The summed E-state index contributed by atoms with van der Waals surface area (Å²) in [5.74, 6) is -4.19. The van der Waals surface area contributed by atoms with Crippen LogP contribution in [-0.2, 0) is 23.9 Å². The first kappa shape index (κ1) is 24.4. The molecule has 3 unspecified atom stereocenters. The van der Waals surface area contributed by atoms with E-state index in [2.05, 4.69) is 5.32 Å². The molecule has 10 heteroatoms. The van der Waals surface area contributed by atoms with E-state index in [1.807, 2.05) is 0 Å². The van der Waals surface area contributed by atoms with Gasteiger partial charge in [0.2, 0.25) is 0 Å². The largest absolute Gasteiger partial charge is 0.468 e. The third-order valence-electron chi connectivity index (χ3n) is 5.81.